The number of rotatable bonds is 7. The van der Waals surface area contributed by atoms with Crippen LogP contribution in [0.4, 0.5) is 0 Å². The number of carbonyl (C=O) groups excluding carboxylic acids is 2. The summed E-state index contributed by atoms with van der Waals surface area (Å²) < 4.78 is 0. The van der Waals surface area contributed by atoms with E-state index in [0.717, 1.165) is 11.1 Å². The molecule has 2 aromatic rings. The molecule has 0 aromatic heterocycles. The molecule has 25 heavy (non-hydrogen) atoms. The normalized spacial score (nSPS) is 12.9. The Kier molecular flexibility index (Phi) is 6.71. The number of carbonyl (C=O) groups is 2. The number of nitrogens with one attached hydrogen (secondary N) is 2. The summed E-state index contributed by atoms with van der Waals surface area (Å²) in [5.41, 5.74) is 8.67. The Hall–Kier alpha value is -2.66. The fraction of sp³-hybridized carbons (Fsp3) is 0.300. The van der Waals surface area contributed by atoms with Crippen LogP contribution in [-0.2, 0) is 11.3 Å². The minimum absolute atomic E-state index is 0.0934. The van der Waals surface area contributed by atoms with Crippen LogP contribution in [-0.4, -0.2) is 18.4 Å². The van der Waals surface area contributed by atoms with E-state index in [-0.39, 0.29) is 23.8 Å². The molecule has 0 saturated heterocycles. The predicted molar refractivity (Wildman–Crippen MR) is 98.8 cm³/mol. The number of hydrogen-bond donors (Lipinski definition) is 3. The highest BCUT2D eigenvalue weighted by Crippen LogP contribution is 2.19. The molecule has 0 saturated carbocycles. The first-order valence-electron chi connectivity index (χ1n) is 8.48. The van der Waals surface area contributed by atoms with Gasteiger partial charge in [-0.05, 0) is 30.2 Å². The minimum Gasteiger partial charge on any atom is -0.352 e. The average molecular weight is 339 g/mol. The first-order chi connectivity index (χ1) is 12.0. The van der Waals surface area contributed by atoms with Crippen LogP contribution in [0.3, 0.4) is 0 Å². The molecule has 2 aromatic carbocycles. The van der Waals surface area contributed by atoms with Crippen molar-refractivity contribution in [2.75, 3.05) is 6.54 Å². The molecule has 0 bridgehead atoms. The van der Waals surface area contributed by atoms with E-state index in [1.54, 1.807) is 12.1 Å². The third-order valence-electron chi connectivity index (χ3n) is 4.16. The quantitative estimate of drug-likeness (QED) is 0.724. The number of nitrogens with two attached hydrogens (primary N) is 1. The summed E-state index contributed by atoms with van der Waals surface area (Å²) in [6.45, 7) is 4.70. The van der Waals surface area contributed by atoms with E-state index in [2.05, 4.69) is 10.6 Å². The summed E-state index contributed by atoms with van der Waals surface area (Å²) in [7, 11) is 0. The van der Waals surface area contributed by atoms with Crippen molar-refractivity contribution >= 4 is 11.8 Å². The molecule has 2 unspecified atom stereocenters. The molecular formula is C20H25N3O2. The van der Waals surface area contributed by atoms with Crippen molar-refractivity contribution in [3.63, 3.8) is 0 Å². The summed E-state index contributed by atoms with van der Waals surface area (Å²) in [4.78, 5) is 24.1. The van der Waals surface area contributed by atoms with E-state index >= 15 is 0 Å². The summed E-state index contributed by atoms with van der Waals surface area (Å²) in [5.74, 6) is -0.526. The highest BCUT2D eigenvalue weighted by atomic mass is 16.2. The second-order valence-corrected chi connectivity index (χ2v) is 6.00. The van der Waals surface area contributed by atoms with Crippen LogP contribution in [0.25, 0.3) is 0 Å². The van der Waals surface area contributed by atoms with Crippen molar-refractivity contribution in [2.24, 2.45) is 11.7 Å². The van der Waals surface area contributed by atoms with Gasteiger partial charge in [-0.3, -0.25) is 9.59 Å². The molecule has 5 heteroatoms. The second-order valence-electron chi connectivity index (χ2n) is 6.00. The zero-order valence-corrected chi connectivity index (χ0v) is 14.7. The van der Waals surface area contributed by atoms with E-state index in [1.165, 1.54) is 0 Å². The molecule has 2 rings (SSSR count). The molecule has 0 radical (unpaired) electrons. The zero-order chi connectivity index (χ0) is 18.2. The van der Waals surface area contributed by atoms with Crippen LogP contribution >= 0.6 is 0 Å². The lowest BCUT2D eigenvalue weighted by Gasteiger charge is -2.20. The Bertz CT molecular complexity index is 699. The third-order valence-corrected chi connectivity index (χ3v) is 4.16. The average Bonchev–Trinajstić information content (AvgIpc) is 2.66. The lowest BCUT2D eigenvalue weighted by atomic mass is 9.94. The van der Waals surface area contributed by atoms with Crippen LogP contribution in [0, 0.1) is 5.92 Å². The molecule has 0 aliphatic heterocycles. The van der Waals surface area contributed by atoms with E-state index < -0.39 is 0 Å². The van der Waals surface area contributed by atoms with E-state index in [1.807, 2.05) is 56.3 Å². The Labute approximate surface area is 148 Å². The molecule has 0 aliphatic carbocycles. The van der Waals surface area contributed by atoms with Crippen LogP contribution in [0.1, 0.15) is 41.4 Å². The van der Waals surface area contributed by atoms with Crippen LogP contribution in [0.2, 0.25) is 0 Å². The standard InChI is InChI=1S/C20H25N3O2/c1-3-22-20(25)17-11-9-15(10-12-17)13-23-19(24)14(2)18(21)16-7-5-4-6-8-16/h4-12,14,18H,3,13,21H2,1-2H3,(H,22,25)(H,23,24). The van der Waals surface area contributed by atoms with Crippen LogP contribution < -0.4 is 16.4 Å². The first-order valence-corrected chi connectivity index (χ1v) is 8.48. The minimum atomic E-state index is -0.346. The lowest BCUT2D eigenvalue weighted by Crippen LogP contribution is -2.35. The maximum atomic E-state index is 12.3. The maximum Gasteiger partial charge on any atom is 0.251 e. The summed E-state index contributed by atoms with van der Waals surface area (Å²) in [6.07, 6.45) is 0. The van der Waals surface area contributed by atoms with Crippen molar-refractivity contribution in [1.29, 1.82) is 0 Å². The number of amides is 2. The maximum absolute atomic E-state index is 12.3. The smallest absolute Gasteiger partial charge is 0.251 e. The molecule has 0 heterocycles. The van der Waals surface area contributed by atoms with Crippen molar-refractivity contribution in [2.45, 2.75) is 26.4 Å². The van der Waals surface area contributed by atoms with Gasteiger partial charge in [0.25, 0.3) is 5.91 Å². The molecule has 0 spiro atoms. The Morgan fingerprint density at radius 3 is 2.24 bits per heavy atom. The molecule has 132 valence electrons. The highest BCUT2D eigenvalue weighted by Gasteiger charge is 2.21. The van der Waals surface area contributed by atoms with Gasteiger partial charge in [0, 0.05) is 24.7 Å². The molecule has 0 aliphatic rings. The van der Waals surface area contributed by atoms with Crippen molar-refractivity contribution in [1.82, 2.24) is 10.6 Å². The van der Waals surface area contributed by atoms with Gasteiger partial charge in [0.05, 0.1) is 5.92 Å². The number of benzene rings is 2. The zero-order valence-electron chi connectivity index (χ0n) is 14.7. The van der Waals surface area contributed by atoms with Crippen LogP contribution in [0.5, 0.6) is 0 Å². The molecular weight excluding hydrogens is 314 g/mol. The van der Waals surface area contributed by atoms with Gasteiger partial charge in [0.2, 0.25) is 5.91 Å². The van der Waals surface area contributed by atoms with Gasteiger partial charge < -0.3 is 16.4 Å². The Morgan fingerprint density at radius 1 is 1.00 bits per heavy atom. The molecule has 0 fully saturated rings. The van der Waals surface area contributed by atoms with Crippen molar-refractivity contribution < 1.29 is 9.59 Å². The monoisotopic (exact) mass is 339 g/mol. The summed E-state index contributed by atoms with van der Waals surface area (Å²) >= 11 is 0. The van der Waals surface area contributed by atoms with Gasteiger partial charge in [-0.1, -0.05) is 49.4 Å². The molecule has 2 atom stereocenters. The van der Waals surface area contributed by atoms with Gasteiger partial charge in [-0.2, -0.15) is 0 Å². The van der Waals surface area contributed by atoms with Gasteiger partial charge in [-0.15, -0.1) is 0 Å². The Balaban J connectivity index is 1.90. The van der Waals surface area contributed by atoms with E-state index in [4.69, 9.17) is 5.73 Å². The Morgan fingerprint density at radius 2 is 1.64 bits per heavy atom. The van der Waals surface area contributed by atoms with E-state index in [0.29, 0.717) is 18.7 Å². The van der Waals surface area contributed by atoms with Crippen LogP contribution in [0.15, 0.2) is 54.6 Å². The summed E-state index contributed by atoms with van der Waals surface area (Å²) in [6, 6.07) is 16.4. The fourth-order valence-electron chi connectivity index (χ4n) is 2.51. The van der Waals surface area contributed by atoms with Gasteiger partial charge in [0.15, 0.2) is 0 Å². The fourth-order valence-corrected chi connectivity index (χ4v) is 2.51. The molecule has 2 amide bonds. The summed E-state index contributed by atoms with van der Waals surface area (Å²) in [5, 5.41) is 5.66. The first kappa shape index (κ1) is 18.7. The molecule has 4 N–H and O–H groups in total. The molecule has 5 nitrogen and oxygen atoms in total. The second kappa shape index (κ2) is 8.99. The number of hydrogen-bond acceptors (Lipinski definition) is 3. The third kappa shape index (κ3) is 5.16. The lowest BCUT2D eigenvalue weighted by molar-refractivity contribution is -0.125. The highest BCUT2D eigenvalue weighted by molar-refractivity contribution is 5.94. The largest absolute Gasteiger partial charge is 0.352 e. The predicted octanol–water partition coefficient (Wildman–Crippen LogP) is 2.39. The SMILES string of the molecule is CCNC(=O)c1ccc(CNC(=O)C(C)C(N)c2ccccc2)cc1. The van der Waals surface area contributed by atoms with Crippen molar-refractivity contribution in [3.8, 4) is 0 Å². The topological polar surface area (TPSA) is 84.2 Å². The van der Waals surface area contributed by atoms with Gasteiger partial charge >= 0.3 is 0 Å². The van der Waals surface area contributed by atoms with Gasteiger partial charge in [-0.25, -0.2) is 0 Å². The van der Waals surface area contributed by atoms with E-state index in [9.17, 15) is 9.59 Å². The van der Waals surface area contributed by atoms with Gasteiger partial charge in [0.1, 0.15) is 0 Å². The van der Waals surface area contributed by atoms with Crippen molar-refractivity contribution in [3.05, 3.63) is 71.3 Å².